The van der Waals surface area contributed by atoms with Gasteiger partial charge in [0, 0.05) is 25.4 Å². The van der Waals surface area contributed by atoms with E-state index in [-0.39, 0.29) is 5.91 Å². The molecule has 0 unspecified atom stereocenters. The monoisotopic (exact) mass is 350 g/mol. The molecule has 0 fully saturated rings. The quantitative estimate of drug-likeness (QED) is 0.836. The molecule has 0 aliphatic carbocycles. The van der Waals surface area contributed by atoms with Crippen molar-refractivity contribution >= 4 is 5.91 Å². The second-order valence-corrected chi connectivity index (χ2v) is 6.12. The SMILES string of the molecule is C[C@H](C(=O)N1CCc2ccccc2C1)n1cc(C(F)(F)F)ccc1=O. The van der Waals surface area contributed by atoms with E-state index in [2.05, 4.69) is 0 Å². The summed E-state index contributed by atoms with van der Waals surface area (Å²) in [5.41, 5.74) is 0.600. The molecule has 2 heterocycles. The summed E-state index contributed by atoms with van der Waals surface area (Å²) in [5, 5.41) is 0. The molecule has 7 heteroatoms. The predicted octanol–water partition coefficient (Wildman–Crippen LogP) is 3.01. The Bertz CT molecular complexity index is 858. The van der Waals surface area contributed by atoms with Gasteiger partial charge in [0.2, 0.25) is 5.91 Å². The van der Waals surface area contributed by atoms with Crippen LogP contribution in [0, 0.1) is 0 Å². The van der Waals surface area contributed by atoms with E-state index in [0.717, 1.165) is 27.8 Å². The first-order chi connectivity index (χ1) is 11.8. The number of pyridine rings is 1. The molecule has 1 atom stereocenters. The van der Waals surface area contributed by atoms with E-state index in [0.29, 0.717) is 25.7 Å². The molecule has 3 rings (SSSR count). The second kappa shape index (κ2) is 6.38. The summed E-state index contributed by atoms with van der Waals surface area (Å²) in [4.78, 5) is 26.2. The lowest BCUT2D eigenvalue weighted by Gasteiger charge is -2.31. The molecule has 1 aliphatic heterocycles. The van der Waals surface area contributed by atoms with Gasteiger partial charge in [-0.25, -0.2) is 0 Å². The van der Waals surface area contributed by atoms with Gasteiger partial charge < -0.3 is 9.47 Å². The van der Waals surface area contributed by atoms with Gasteiger partial charge >= 0.3 is 6.18 Å². The van der Waals surface area contributed by atoms with Crippen molar-refractivity contribution < 1.29 is 18.0 Å². The number of carbonyl (C=O) groups excluding carboxylic acids is 1. The lowest BCUT2D eigenvalue weighted by atomic mass is 9.99. The highest BCUT2D eigenvalue weighted by molar-refractivity contribution is 5.80. The summed E-state index contributed by atoms with van der Waals surface area (Å²) in [6.45, 7) is 2.32. The molecule has 1 amide bonds. The summed E-state index contributed by atoms with van der Waals surface area (Å²) >= 11 is 0. The van der Waals surface area contributed by atoms with Crippen LogP contribution in [0.25, 0.3) is 0 Å². The zero-order valence-corrected chi connectivity index (χ0v) is 13.6. The van der Waals surface area contributed by atoms with E-state index >= 15 is 0 Å². The third kappa shape index (κ3) is 3.45. The van der Waals surface area contributed by atoms with Crippen LogP contribution in [-0.2, 0) is 23.9 Å². The smallest absolute Gasteiger partial charge is 0.336 e. The van der Waals surface area contributed by atoms with E-state index < -0.39 is 23.3 Å². The van der Waals surface area contributed by atoms with Gasteiger partial charge in [0.25, 0.3) is 5.56 Å². The van der Waals surface area contributed by atoms with Gasteiger partial charge in [-0.1, -0.05) is 24.3 Å². The fourth-order valence-corrected chi connectivity index (χ4v) is 3.04. The fourth-order valence-electron chi connectivity index (χ4n) is 3.04. The highest BCUT2D eigenvalue weighted by Crippen LogP contribution is 2.29. The van der Waals surface area contributed by atoms with Gasteiger partial charge in [-0.3, -0.25) is 9.59 Å². The minimum Gasteiger partial charge on any atom is -0.336 e. The summed E-state index contributed by atoms with van der Waals surface area (Å²) in [6, 6.07) is 8.31. The maximum atomic E-state index is 12.9. The molecule has 1 aromatic heterocycles. The molecular formula is C18H17F3N2O2. The number of hydrogen-bond acceptors (Lipinski definition) is 2. The number of amides is 1. The third-order valence-corrected chi connectivity index (χ3v) is 4.48. The maximum absolute atomic E-state index is 12.9. The van der Waals surface area contributed by atoms with Crippen LogP contribution in [0.1, 0.15) is 29.7 Å². The van der Waals surface area contributed by atoms with Crippen LogP contribution in [0.2, 0.25) is 0 Å². The second-order valence-electron chi connectivity index (χ2n) is 6.12. The molecule has 1 aliphatic rings. The average molecular weight is 350 g/mol. The lowest BCUT2D eigenvalue weighted by Crippen LogP contribution is -2.41. The summed E-state index contributed by atoms with van der Waals surface area (Å²) < 4.78 is 39.5. The van der Waals surface area contributed by atoms with Crippen molar-refractivity contribution in [3.05, 3.63) is 69.6 Å². The minimum atomic E-state index is -4.57. The first kappa shape index (κ1) is 17.3. The Morgan fingerprint density at radius 3 is 2.48 bits per heavy atom. The summed E-state index contributed by atoms with van der Waals surface area (Å²) in [6.07, 6.45) is -3.17. The standard InChI is InChI=1S/C18H17F3N2O2/c1-12(23-11-15(18(19,20)21)6-7-16(23)24)17(25)22-9-8-13-4-2-3-5-14(13)10-22/h2-7,11-12H,8-10H2,1H3/t12-/m1/s1. The van der Waals surface area contributed by atoms with Gasteiger partial charge in [-0.15, -0.1) is 0 Å². The van der Waals surface area contributed by atoms with Crippen LogP contribution in [0.4, 0.5) is 13.2 Å². The van der Waals surface area contributed by atoms with Crippen LogP contribution >= 0.6 is 0 Å². The fraction of sp³-hybridized carbons (Fsp3) is 0.333. The zero-order valence-electron chi connectivity index (χ0n) is 13.6. The largest absolute Gasteiger partial charge is 0.417 e. The van der Waals surface area contributed by atoms with Crippen LogP contribution in [0.15, 0.2) is 47.4 Å². The van der Waals surface area contributed by atoms with Gasteiger partial charge in [0.15, 0.2) is 0 Å². The molecule has 0 N–H and O–H groups in total. The lowest BCUT2D eigenvalue weighted by molar-refractivity contribution is -0.139. The number of alkyl halides is 3. The Morgan fingerprint density at radius 2 is 1.80 bits per heavy atom. The maximum Gasteiger partial charge on any atom is 0.417 e. The van der Waals surface area contributed by atoms with Crippen molar-refractivity contribution in [3.8, 4) is 0 Å². The Labute approximate surface area is 142 Å². The van der Waals surface area contributed by atoms with Gasteiger partial charge in [-0.05, 0) is 30.5 Å². The Hall–Kier alpha value is -2.57. The van der Waals surface area contributed by atoms with Crippen molar-refractivity contribution in [1.29, 1.82) is 0 Å². The Morgan fingerprint density at radius 1 is 1.12 bits per heavy atom. The highest BCUT2D eigenvalue weighted by Gasteiger charge is 2.32. The van der Waals surface area contributed by atoms with E-state index in [4.69, 9.17) is 0 Å². The molecule has 0 radical (unpaired) electrons. The van der Waals surface area contributed by atoms with E-state index in [1.165, 1.54) is 6.92 Å². The van der Waals surface area contributed by atoms with Crippen molar-refractivity contribution in [3.63, 3.8) is 0 Å². The molecule has 132 valence electrons. The van der Waals surface area contributed by atoms with Crippen molar-refractivity contribution in [1.82, 2.24) is 9.47 Å². The van der Waals surface area contributed by atoms with Gasteiger partial charge in [0.05, 0.1) is 5.56 Å². The first-order valence-corrected chi connectivity index (χ1v) is 7.92. The Kier molecular flexibility index (Phi) is 4.41. The van der Waals surface area contributed by atoms with Crippen molar-refractivity contribution in [2.24, 2.45) is 0 Å². The topological polar surface area (TPSA) is 42.3 Å². The number of halogens is 3. The normalized spacial score (nSPS) is 15.6. The molecule has 0 saturated heterocycles. The summed E-state index contributed by atoms with van der Waals surface area (Å²) in [7, 11) is 0. The highest BCUT2D eigenvalue weighted by atomic mass is 19.4. The minimum absolute atomic E-state index is 0.365. The number of fused-ring (bicyclic) bond motifs is 1. The number of hydrogen-bond donors (Lipinski definition) is 0. The molecular weight excluding hydrogens is 333 g/mol. The van der Waals surface area contributed by atoms with Gasteiger partial charge in [-0.2, -0.15) is 13.2 Å². The van der Waals surface area contributed by atoms with E-state index in [1.807, 2.05) is 24.3 Å². The van der Waals surface area contributed by atoms with Crippen molar-refractivity contribution in [2.45, 2.75) is 32.1 Å². The molecule has 0 bridgehead atoms. The molecule has 25 heavy (non-hydrogen) atoms. The number of benzene rings is 1. The number of carbonyl (C=O) groups is 1. The summed E-state index contributed by atoms with van der Waals surface area (Å²) in [5.74, 6) is -0.365. The first-order valence-electron chi connectivity index (χ1n) is 7.92. The number of rotatable bonds is 2. The van der Waals surface area contributed by atoms with Crippen molar-refractivity contribution in [2.75, 3.05) is 6.54 Å². The predicted molar refractivity (Wildman–Crippen MR) is 86.0 cm³/mol. The molecule has 4 nitrogen and oxygen atoms in total. The van der Waals surface area contributed by atoms with E-state index in [9.17, 15) is 22.8 Å². The number of nitrogens with zero attached hydrogens (tertiary/aromatic N) is 2. The van der Waals surface area contributed by atoms with Gasteiger partial charge in [0.1, 0.15) is 6.04 Å². The van der Waals surface area contributed by atoms with E-state index in [1.54, 1.807) is 4.90 Å². The van der Waals surface area contributed by atoms with Crippen LogP contribution in [0.3, 0.4) is 0 Å². The molecule has 0 spiro atoms. The molecule has 0 saturated carbocycles. The average Bonchev–Trinajstić information content (AvgIpc) is 2.59. The Balaban J connectivity index is 1.85. The third-order valence-electron chi connectivity index (χ3n) is 4.48. The number of aromatic nitrogens is 1. The zero-order chi connectivity index (χ0) is 18.2. The van der Waals surface area contributed by atoms with Crippen LogP contribution < -0.4 is 5.56 Å². The van der Waals surface area contributed by atoms with Crippen LogP contribution in [-0.4, -0.2) is 21.9 Å². The molecule has 2 aromatic rings. The molecule has 1 aromatic carbocycles. The van der Waals surface area contributed by atoms with Crippen LogP contribution in [0.5, 0.6) is 0 Å².